The number of nitrogens with one attached hydrogen (secondary N) is 1. The van der Waals surface area contributed by atoms with Crippen LogP contribution >= 0.6 is 0 Å². The van der Waals surface area contributed by atoms with Crippen molar-refractivity contribution >= 4 is 11.9 Å². The number of hydrogen-bond donors (Lipinski definition) is 1. The summed E-state index contributed by atoms with van der Waals surface area (Å²) in [5, 5.41) is 11.3. The molecule has 1 aromatic rings. The van der Waals surface area contributed by atoms with Crippen molar-refractivity contribution < 1.29 is 14.8 Å². The van der Waals surface area contributed by atoms with Gasteiger partial charge in [-0.05, 0) is 26.2 Å². The maximum absolute atomic E-state index is 11.3. The topological polar surface area (TPSA) is 73.6 Å². The van der Waals surface area contributed by atoms with Gasteiger partial charge in [-0.1, -0.05) is 0 Å². The number of carboxylic acids is 1. The molecule has 0 bridgehead atoms. The fourth-order valence-electron chi connectivity index (χ4n) is 3.11. The van der Waals surface area contributed by atoms with Gasteiger partial charge in [0.05, 0.1) is 44.4 Å². The van der Waals surface area contributed by atoms with Gasteiger partial charge in [0.15, 0.2) is 0 Å². The first kappa shape index (κ1) is 13.3. The van der Waals surface area contributed by atoms with Crippen LogP contribution in [0.1, 0.15) is 35.1 Å². The van der Waals surface area contributed by atoms with E-state index in [0.29, 0.717) is 5.95 Å². The smallest absolute Gasteiger partial charge is 0.226 e. The first-order valence-electron chi connectivity index (χ1n) is 7.38. The Hall–Kier alpha value is -1.69. The van der Waals surface area contributed by atoms with Crippen molar-refractivity contribution in [3.63, 3.8) is 0 Å². The highest BCUT2D eigenvalue weighted by Crippen LogP contribution is 2.24. The third-order valence-corrected chi connectivity index (χ3v) is 4.37. The van der Waals surface area contributed by atoms with Gasteiger partial charge in [-0.15, -0.1) is 0 Å². The number of quaternary nitrogens is 1. The molecule has 0 unspecified atom stereocenters. The predicted molar refractivity (Wildman–Crippen MR) is 71.8 cm³/mol. The van der Waals surface area contributed by atoms with Gasteiger partial charge < -0.3 is 19.7 Å². The maximum atomic E-state index is 11.3. The van der Waals surface area contributed by atoms with Crippen LogP contribution in [0.3, 0.4) is 0 Å². The lowest BCUT2D eigenvalue weighted by molar-refractivity contribution is -0.898. The molecule has 0 aromatic carbocycles. The number of likely N-dealkylation sites (N-methyl/N-ethyl adjacent to an activating group) is 1. The van der Waals surface area contributed by atoms with Crippen molar-refractivity contribution in [3.05, 3.63) is 17.0 Å². The second kappa shape index (κ2) is 5.36. The Bertz CT molecular complexity index is 524. The molecule has 6 nitrogen and oxygen atoms in total. The number of aryl methyl sites for hydroxylation is 1. The van der Waals surface area contributed by atoms with Gasteiger partial charge in [0, 0.05) is 11.3 Å². The lowest BCUT2D eigenvalue weighted by Crippen LogP contribution is -3.14. The molecule has 2 heterocycles. The summed E-state index contributed by atoms with van der Waals surface area (Å²) in [6, 6.07) is 0. The van der Waals surface area contributed by atoms with E-state index in [4.69, 9.17) is 0 Å². The van der Waals surface area contributed by atoms with E-state index in [2.05, 4.69) is 21.8 Å². The van der Waals surface area contributed by atoms with Crippen molar-refractivity contribution in [1.29, 1.82) is 0 Å². The van der Waals surface area contributed by atoms with Gasteiger partial charge in [0.1, 0.15) is 0 Å². The van der Waals surface area contributed by atoms with Gasteiger partial charge in [-0.2, -0.15) is 0 Å². The molecule has 0 atom stereocenters. The standard InChI is InChI=1S/C14H20N4O2/c1-2-17-6-8-18(9-7-17)14-15-11-5-3-4-10(11)12(16-14)13(19)20/h2-9H2,1H3,(H,19,20). The average Bonchev–Trinajstić information content (AvgIpc) is 2.94. The average molecular weight is 276 g/mol. The highest BCUT2D eigenvalue weighted by Gasteiger charge is 2.25. The fourth-order valence-corrected chi connectivity index (χ4v) is 3.11. The Labute approximate surface area is 118 Å². The minimum Gasteiger partial charge on any atom is -0.543 e. The second-order valence-electron chi connectivity index (χ2n) is 5.53. The molecule has 0 spiro atoms. The van der Waals surface area contributed by atoms with Crippen LogP contribution in [0.4, 0.5) is 5.95 Å². The number of carboxylic acid groups (broad SMARTS) is 1. The van der Waals surface area contributed by atoms with Crippen molar-refractivity contribution in [2.24, 2.45) is 0 Å². The molecule has 1 aliphatic heterocycles. The number of anilines is 1. The summed E-state index contributed by atoms with van der Waals surface area (Å²) >= 11 is 0. The Balaban J connectivity index is 1.87. The van der Waals surface area contributed by atoms with E-state index >= 15 is 0 Å². The largest absolute Gasteiger partial charge is 0.543 e. The molecule has 3 rings (SSSR count). The molecule has 108 valence electrons. The van der Waals surface area contributed by atoms with Crippen molar-refractivity contribution in [1.82, 2.24) is 9.97 Å². The number of aromatic carboxylic acids is 1. The van der Waals surface area contributed by atoms with Crippen LogP contribution in [0.5, 0.6) is 0 Å². The van der Waals surface area contributed by atoms with Gasteiger partial charge >= 0.3 is 0 Å². The normalized spacial score (nSPS) is 19.1. The summed E-state index contributed by atoms with van der Waals surface area (Å²) in [5.74, 6) is -0.607. The third-order valence-electron chi connectivity index (χ3n) is 4.37. The van der Waals surface area contributed by atoms with E-state index in [-0.39, 0.29) is 5.69 Å². The van der Waals surface area contributed by atoms with E-state index in [1.807, 2.05) is 0 Å². The molecular formula is C14H20N4O2. The number of rotatable bonds is 3. The summed E-state index contributed by atoms with van der Waals surface area (Å²) in [5.41, 5.74) is 1.79. The van der Waals surface area contributed by atoms with Gasteiger partial charge in [-0.3, -0.25) is 0 Å². The first-order valence-corrected chi connectivity index (χ1v) is 7.38. The Kier molecular flexibility index (Phi) is 3.56. The van der Waals surface area contributed by atoms with Crippen molar-refractivity contribution in [3.8, 4) is 0 Å². The lowest BCUT2D eigenvalue weighted by atomic mass is 10.2. The molecular weight excluding hydrogens is 256 g/mol. The SMILES string of the molecule is CC[NH+]1CCN(c2nc3c(c(C(=O)[O-])n2)CCC3)CC1. The van der Waals surface area contributed by atoms with Crippen LogP contribution in [-0.2, 0) is 12.8 Å². The molecule has 0 amide bonds. The van der Waals surface area contributed by atoms with Gasteiger partial charge in [0.2, 0.25) is 5.95 Å². The summed E-state index contributed by atoms with van der Waals surface area (Å²) < 4.78 is 0. The third kappa shape index (κ3) is 2.35. The Morgan fingerprint density at radius 1 is 1.30 bits per heavy atom. The summed E-state index contributed by atoms with van der Waals surface area (Å²) in [7, 11) is 0. The highest BCUT2D eigenvalue weighted by atomic mass is 16.4. The van der Waals surface area contributed by atoms with Gasteiger partial charge in [-0.25, -0.2) is 9.97 Å². The molecule has 2 aliphatic rings. The van der Waals surface area contributed by atoms with E-state index in [1.165, 1.54) is 0 Å². The fraction of sp³-hybridized carbons (Fsp3) is 0.643. The molecule has 1 fully saturated rings. The van der Waals surface area contributed by atoms with E-state index in [1.54, 1.807) is 4.90 Å². The molecule has 6 heteroatoms. The summed E-state index contributed by atoms with van der Waals surface area (Å²) in [4.78, 5) is 23.8. The maximum Gasteiger partial charge on any atom is 0.226 e. The molecule has 1 aliphatic carbocycles. The number of nitrogens with zero attached hydrogens (tertiary/aromatic N) is 3. The quantitative estimate of drug-likeness (QED) is 0.695. The Morgan fingerprint density at radius 3 is 2.70 bits per heavy atom. The first-order chi connectivity index (χ1) is 9.69. The molecule has 0 saturated carbocycles. The number of aromatic nitrogens is 2. The van der Waals surface area contributed by atoms with Gasteiger partial charge in [0.25, 0.3) is 0 Å². The van der Waals surface area contributed by atoms with Crippen LogP contribution in [-0.4, -0.2) is 48.7 Å². The monoisotopic (exact) mass is 276 g/mol. The zero-order valence-corrected chi connectivity index (χ0v) is 11.8. The Morgan fingerprint density at radius 2 is 2.05 bits per heavy atom. The molecule has 1 N–H and O–H groups in total. The molecule has 1 saturated heterocycles. The molecule has 0 radical (unpaired) electrons. The molecule has 1 aromatic heterocycles. The van der Waals surface area contributed by atoms with Crippen LogP contribution in [0.15, 0.2) is 0 Å². The van der Waals surface area contributed by atoms with Crippen molar-refractivity contribution in [2.45, 2.75) is 26.2 Å². The van der Waals surface area contributed by atoms with Crippen LogP contribution in [0, 0.1) is 0 Å². The van der Waals surface area contributed by atoms with Crippen LogP contribution in [0.2, 0.25) is 0 Å². The number of fused-ring (bicyclic) bond motifs is 1. The van der Waals surface area contributed by atoms with Crippen LogP contribution < -0.4 is 14.9 Å². The number of piperazine rings is 1. The minimum atomic E-state index is -1.18. The van der Waals surface area contributed by atoms with E-state index < -0.39 is 5.97 Å². The van der Waals surface area contributed by atoms with Crippen LogP contribution in [0.25, 0.3) is 0 Å². The molecule has 20 heavy (non-hydrogen) atoms. The number of carbonyl (C=O) groups excluding carboxylic acids is 1. The second-order valence-corrected chi connectivity index (χ2v) is 5.53. The van der Waals surface area contributed by atoms with Crippen molar-refractivity contribution in [2.75, 3.05) is 37.6 Å². The summed E-state index contributed by atoms with van der Waals surface area (Å²) in [6.45, 7) is 7.19. The number of hydrogen-bond acceptors (Lipinski definition) is 5. The minimum absolute atomic E-state index is 0.104. The number of carbonyl (C=O) groups is 1. The zero-order chi connectivity index (χ0) is 14.1. The van der Waals surface area contributed by atoms with E-state index in [0.717, 1.165) is 63.2 Å². The highest BCUT2D eigenvalue weighted by molar-refractivity contribution is 5.86. The predicted octanol–water partition coefficient (Wildman–Crippen LogP) is -1.95. The zero-order valence-electron chi connectivity index (χ0n) is 11.8. The summed E-state index contributed by atoms with van der Waals surface area (Å²) in [6.07, 6.45) is 2.57. The lowest BCUT2D eigenvalue weighted by Gasteiger charge is -2.32. The van der Waals surface area contributed by atoms with E-state index in [9.17, 15) is 9.90 Å².